The number of nitrogens with one attached hydrogen (secondary N) is 3. The lowest BCUT2D eigenvalue weighted by Crippen LogP contribution is -2.30. The number of nitrogens with zero attached hydrogens (tertiary/aromatic N) is 8. The van der Waals surface area contributed by atoms with Crippen molar-refractivity contribution in [1.82, 2.24) is 45.6 Å². The molecule has 0 radical (unpaired) electrons. The highest BCUT2D eigenvalue weighted by molar-refractivity contribution is 7.18. The van der Waals surface area contributed by atoms with Crippen molar-refractivity contribution in [2.45, 2.75) is 13.1 Å². The van der Waals surface area contributed by atoms with Gasteiger partial charge in [-0.1, -0.05) is 58.5 Å². The van der Waals surface area contributed by atoms with Gasteiger partial charge in [-0.15, -0.1) is 32.9 Å². The molecule has 4 heterocycles. The van der Waals surface area contributed by atoms with Crippen LogP contribution in [0.1, 0.15) is 10.0 Å². The SMILES string of the molecule is NCCOc1ccc2sc(CNc3nncc(-c4c(Cl)cccc4Cl)n3)nc2c1.O=C(CO)NCCOc1ccc2sc(CNc3nncc(-c4c(Cl)cccc4Cl)n3)nc2c1. The molecule has 0 unspecified atom stereocenters. The number of aliphatic hydroxyl groups excluding tert-OH is 1. The van der Waals surface area contributed by atoms with Gasteiger partial charge in [-0.25, -0.2) is 19.9 Å². The maximum absolute atomic E-state index is 11.0. The Labute approximate surface area is 381 Å². The normalized spacial score (nSPS) is 10.9. The minimum absolute atomic E-state index is 0.284. The highest BCUT2D eigenvalue weighted by Gasteiger charge is 2.14. The van der Waals surface area contributed by atoms with Crippen LogP contribution in [0.3, 0.4) is 0 Å². The molecule has 0 bridgehead atoms. The molecule has 22 heteroatoms. The molecule has 0 aliphatic heterocycles. The van der Waals surface area contributed by atoms with Crippen molar-refractivity contribution in [2.75, 3.05) is 43.5 Å². The van der Waals surface area contributed by atoms with Gasteiger partial charge in [0, 0.05) is 29.8 Å². The molecule has 8 aromatic rings. The van der Waals surface area contributed by atoms with Gasteiger partial charge in [-0.05, 0) is 48.5 Å². The summed E-state index contributed by atoms with van der Waals surface area (Å²) in [6.07, 6.45) is 3.03. The first-order chi connectivity index (χ1) is 30.2. The topological polar surface area (TPSA) is 221 Å². The summed E-state index contributed by atoms with van der Waals surface area (Å²) in [6, 6.07) is 21.9. The fourth-order valence-corrected chi connectivity index (χ4v) is 8.58. The number of hydrogen-bond donors (Lipinski definition) is 5. The average molecular weight is 953 g/mol. The molecule has 16 nitrogen and oxygen atoms in total. The first-order valence-electron chi connectivity index (χ1n) is 18.6. The molecular weight excluding hydrogens is 918 g/mol. The molecule has 0 saturated heterocycles. The van der Waals surface area contributed by atoms with Crippen molar-refractivity contribution < 1.29 is 19.4 Å². The lowest BCUT2D eigenvalue weighted by atomic mass is 10.1. The van der Waals surface area contributed by atoms with Crippen LogP contribution in [0, 0.1) is 0 Å². The van der Waals surface area contributed by atoms with E-state index < -0.39 is 12.5 Å². The van der Waals surface area contributed by atoms with Crippen LogP contribution in [0.5, 0.6) is 11.5 Å². The molecule has 0 fully saturated rings. The summed E-state index contributed by atoms with van der Waals surface area (Å²) in [4.78, 5) is 29.2. The second-order valence-electron chi connectivity index (χ2n) is 12.7. The second-order valence-corrected chi connectivity index (χ2v) is 16.6. The number of benzene rings is 4. The Morgan fingerprint density at radius 1 is 0.661 bits per heavy atom. The maximum Gasteiger partial charge on any atom is 0.245 e. The van der Waals surface area contributed by atoms with Crippen molar-refractivity contribution in [3.05, 3.63) is 115 Å². The van der Waals surface area contributed by atoms with E-state index in [1.54, 1.807) is 47.7 Å². The van der Waals surface area contributed by atoms with E-state index in [4.69, 9.17) is 66.7 Å². The fourth-order valence-electron chi connectivity index (χ4n) is 5.62. The summed E-state index contributed by atoms with van der Waals surface area (Å²) in [5, 5.41) is 37.2. The lowest BCUT2D eigenvalue weighted by Gasteiger charge is -2.07. The van der Waals surface area contributed by atoms with Crippen molar-refractivity contribution in [3.8, 4) is 34.0 Å². The number of hydrogen-bond acceptors (Lipinski definition) is 17. The number of nitrogens with two attached hydrogens (primary N) is 1. The van der Waals surface area contributed by atoms with E-state index in [0.29, 0.717) is 93.0 Å². The number of aliphatic hydroxyl groups is 1. The predicted octanol–water partition coefficient (Wildman–Crippen LogP) is 7.96. The smallest absolute Gasteiger partial charge is 0.245 e. The van der Waals surface area contributed by atoms with E-state index in [9.17, 15) is 4.79 Å². The first-order valence-corrected chi connectivity index (χ1v) is 21.7. The minimum Gasteiger partial charge on any atom is -0.492 e. The van der Waals surface area contributed by atoms with Crippen LogP contribution in [0.2, 0.25) is 20.1 Å². The van der Waals surface area contributed by atoms with Gasteiger partial charge >= 0.3 is 0 Å². The van der Waals surface area contributed by atoms with E-state index in [1.807, 2.05) is 36.4 Å². The van der Waals surface area contributed by atoms with E-state index in [0.717, 1.165) is 36.2 Å². The van der Waals surface area contributed by atoms with E-state index >= 15 is 0 Å². The number of anilines is 2. The van der Waals surface area contributed by atoms with E-state index in [2.05, 4.69) is 56.3 Å². The van der Waals surface area contributed by atoms with Crippen LogP contribution < -0.4 is 31.2 Å². The molecule has 0 aliphatic rings. The summed E-state index contributed by atoms with van der Waals surface area (Å²) < 4.78 is 13.2. The number of thiazole rings is 2. The number of fused-ring (bicyclic) bond motifs is 2. The number of carbonyl (C=O) groups excluding carboxylic acids is 1. The van der Waals surface area contributed by atoms with Crippen LogP contribution in [0.15, 0.2) is 85.2 Å². The van der Waals surface area contributed by atoms with Crippen LogP contribution >= 0.6 is 69.1 Å². The first kappa shape index (κ1) is 44.5. The molecular formula is C40H34Cl4N12O4S2. The molecule has 6 N–H and O–H groups in total. The van der Waals surface area contributed by atoms with E-state index in [-0.39, 0.29) is 6.61 Å². The Morgan fingerprint density at radius 2 is 1.13 bits per heavy atom. The van der Waals surface area contributed by atoms with Gasteiger partial charge in [0.25, 0.3) is 0 Å². The Hall–Kier alpha value is -5.57. The summed E-state index contributed by atoms with van der Waals surface area (Å²) >= 11 is 28.2. The van der Waals surface area contributed by atoms with Gasteiger partial charge in [-0.2, -0.15) is 10.2 Å². The van der Waals surface area contributed by atoms with Crippen molar-refractivity contribution in [2.24, 2.45) is 5.73 Å². The average Bonchev–Trinajstić information content (AvgIpc) is 3.89. The van der Waals surface area contributed by atoms with Crippen LogP contribution in [0.25, 0.3) is 42.9 Å². The third kappa shape index (κ3) is 11.7. The van der Waals surface area contributed by atoms with Gasteiger partial charge in [0.15, 0.2) is 0 Å². The monoisotopic (exact) mass is 950 g/mol. The number of ether oxygens (including phenoxy) is 2. The van der Waals surface area contributed by atoms with Crippen LogP contribution in [0.4, 0.5) is 11.9 Å². The zero-order valence-corrected chi connectivity index (χ0v) is 36.8. The third-order valence-electron chi connectivity index (χ3n) is 8.38. The van der Waals surface area contributed by atoms with Crippen LogP contribution in [-0.4, -0.2) is 84.3 Å². The Balaban J connectivity index is 0.000000188. The molecule has 318 valence electrons. The summed E-state index contributed by atoms with van der Waals surface area (Å²) in [6.45, 7) is 1.85. The molecule has 0 spiro atoms. The van der Waals surface area contributed by atoms with Crippen LogP contribution in [-0.2, 0) is 17.9 Å². The second kappa shape index (κ2) is 21.5. The molecule has 0 atom stereocenters. The van der Waals surface area contributed by atoms with E-state index in [1.165, 1.54) is 23.7 Å². The zero-order valence-electron chi connectivity index (χ0n) is 32.2. The molecule has 62 heavy (non-hydrogen) atoms. The molecule has 1 amide bonds. The number of aromatic nitrogens is 8. The highest BCUT2D eigenvalue weighted by atomic mass is 35.5. The van der Waals surface area contributed by atoms with Gasteiger partial charge in [0.05, 0.1) is 83.9 Å². The number of rotatable bonds is 16. The molecule has 4 aromatic heterocycles. The van der Waals surface area contributed by atoms with Gasteiger partial charge in [0.2, 0.25) is 17.8 Å². The summed E-state index contributed by atoms with van der Waals surface area (Å²) in [5.74, 6) is 1.65. The van der Waals surface area contributed by atoms with Gasteiger partial charge in [0.1, 0.15) is 41.3 Å². The third-order valence-corrected chi connectivity index (χ3v) is 11.7. The summed E-state index contributed by atoms with van der Waals surface area (Å²) in [5.41, 5.74) is 9.43. The van der Waals surface area contributed by atoms with Gasteiger partial charge in [-0.3, -0.25) is 4.79 Å². The molecule has 8 rings (SSSR count). The quantitative estimate of drug-likeness (QED) is 0.0580. The Kier molecular flexibility index (Phi) is 15.4. The number of carbonyl (C=O) groups is 1. The van der Waals surface area contributed by atoms with Crippen molar-refractivity contribution in [3.63, 3.8) is 0 Å². The number of amides is 1. The largest absolute Gasteiger partial charge is 0.492 e. The maximum atomic E-state index is 11.0. The van der Waals surface area contributed by atoms with Crippen molar-refractivity contribution in [1.29, 1.82) is 0 Å². The highest BCUT2D eigenvalue weighted by Crippen LogP contribution is 2.35. The Bertz CT molecular complexity index is 2780. The molecule has 0 saturated carbocycles. The van der Waals surface area contributed by atoms with Crippen molar-refractivity contribution >= 4 is 107 Å². The lowest BCUT2D eigenvalue weighted by molar-refractivity contribution is -0.123. The predicted molar refractivity (Wildman–Crippen MR) is 245 cm³/mol. The summed E-state index contributed by atoms with van der Waals surface area (Å²) in [7, 11) is 0. The molecule has 4 aromatic carbocycles. The van der Waals surface area contributed by atoms with Gasteiger partial charge < -0.3 is 36.3 Å². The minimum atomic E-state index is -0.541. The Morgan fingerprint density at radius 3 is 1.58 bits per heavy atom. The zero-order chi connectivity index (χ0) is 43.4. The fraction of sp³-hybridized carbons (Fsp3) is 0.175. The molecule has 0 aliphatic carbocycles. The number of halogens is 4. The standard InChI is InChI=1S/C21H18Cl2N6O3S.C19H16Cl2N6OS/c22-13-2-1-3-14(23)20(13)16-9-26-29-21(28-16)25-10-19-27-15-8-12(4-5-17(15)33-19)32-7-6-24-18(31)11-30;20-12-2-1-3-13(21)18(12)15-9-24-27-19(26-15)23-10-17-25-14-8-11(28-7-6-22)4-5-16(14)29-17/h1-5,8-9,30H,6-7,10-11H2,(H,24,31)(H,25,28,29);1-5,8-9H,6-7,10,22H2,(H,23,26,27).